The number of halogens is 3. The average molecular weight is 343 g/mol. The third-order valence-corrected chi connectivity index (χ3v) is 3.16. The summed E-state index contributed by atoms with van der Waals surface area (Å²) in [6, 6.07) is 9.85. The number of anilines is 2. The van der Waals surface area contributed by atoms with Crippen LogP contribution in [0, 0.1) is 11.6 Å². The molecular weight excluding hydrogens is 334 g/mol. The maximum Gasteiger partial charge on any atom is 0.182 e. The first-order valence-corrected chi connectivity index (χ1v) is 6.49. The number of thiocarbonyl (C=S) groups is 1. The molecule has 0 aliphatic rings. The molecule has 2 aromatic carbocycles. The normalized spacial score (nSPS) is 10.3. The lowest BCUT2D eigenvalue weighted by molar-refractivity contribution is 0.510. The molecule has 0 amide bonds. The molecule has 0 saturated carbocycles. The molecule has 0 atom stereocenters. The summed E-state index contributed by atoms with van der Waals surface area (Å²) in [5.41, 5.74) is 5.86. The number of nitrogens with two attached hydrogens (primary N) is 1. The van der Waals surface area contributed by atoms with Crippen LogP contribution in [0.5, 0.6) is 0 Å². The first-order chi connectivity index (χ1) is 8.99. The van der Waals surface area contributed by atoms with Crippen LogP contribution in [-0.4, -0.2) is 4.99 Å². The Bertz CT molecular complexity index is 647. The lowest BCUT2D eigenvalue weighted by Gasteiger charge is -2.10. The highest BCUT2D eigenvalue weighted by Gasteiger charge is 2.15. The maximum absolute atomic E-state index is 13.8. The molecule has 98 valence electrons. The smallest absolute Gasteiger partial charge is 0.182 e. The first kappa shape index (κ1) is 13.9. The summed E-state index contributed by atoms with van der Waals surface area (Å²) in [7, 11) is 0. The summed E-state index contributed by atoms with van der Waals surface area (Å²) < 4.78 is 28.4. The predicted octanol–water partition coefficient (Wildman–Crippen LogP) is 4.11. The van der Waals surface area contributed by atoms with Crippen molar-refractivity contribution in [2.45, 2.75) is 0 Å². The Morgan fingerprint density at radius 3 is 2.53 bits per heavy atom. The van der Waals surface area contributed by atoms with Gasteiger partial charge in [-0.2, -0.15) is 0 Å². The highest BCUT2D eigenvalue weighted by Crippen LogP contribution is 2.25. The molecule has 0 aliphatic carbocycles. The van der Waals surface area contributed by atoms with E-state index >= 15 is 0 Å². The van der Waals surface area contributed by atoms with Gasteiger partial charge in [-0.05, 0) is 30.3 Å². The monoisotopic (exact) mass is 342 g/mol. The number of rotatable bonds is 3. The molecule has 0 bridgehead atoms. The van der Waals surface area contributed by atoms with Crippen LogP contribution in [0.25, 0.3) is 0 Å². The molecule has 0 fully saturated rings. The fraction of sp³-hybridized carbons (Fsp3) is 0. The molecule has 0 heterocycles. The lowest BCUT2D eigenvalue weighted by atomic mass is 10.1. The van der Waals surface area contributed by atoms with Gasteiger partial charge in [-0.15, -0.1) is 0 Å². The SMILES string of the molecule is NC(=S)c1ccc(Nc2cccc(Br)c2)c(F)c1F. The zero-order chi connectivity index (χ0) is 14.0. The van der Waals surface area contributed by atoms with Crippen molar-refractivity contribution in [3.8, 4) is 0 Å². The van der Waals surface area contributed by atoms with E-state index in [9.17, 15) is 8.78 Å². The minimum absolute atomic E-state index is 0.0237. The number of hydrogen-bond acceptors (Lipinski definition) is 2. The van der Waals surface area contributed by atoms with E-state index in [0.29, 0.717) is 5.69 Å². The molecule has 3 N–H and O–H groups in total. The quantitative estimate of drug-likeness (QED) is 0.824. The minimum atomic E-state index is -1.05. The van der Waals surface area contributed by atoms with Crippen LogP contribution in [0.15, 0.2) is 40.9 Å². The highest BCUT2D eigenvalue weighted by atomic mass is 79.9. The van der Waals surface area contributed by atoms with Gasteiger partial charge in [-0.3, -0.25) is 0 Å². The van der Waals surface area contributed by atoms with Gasteiger partial charge < -0.3 is 11.1 Å². The fourth-order valence-electron chi connectivity index (χ4n) is 1.56. The van der Waals surface area contributed by atoms with Crippen LogP contribution in [0.1, 0.15) is 5.56 Å². The Balaban J connectivity index is 2.37. The first-order valence-electron chi connectivity index (χ1n) is 5.29. The molecule has 19 heavy (non-hydrogen) atoms. The molecule has 0 unspecified atom stereocenters. The molecule has 2 rings (SSSR count). The van der Waals surface area contributed by atoms with Crippen LogP contribution in [0.3, 0.4) is 0 Å². The van der Waals surface area contributed by atoms with E-state index in [1.54, 1.807) is 18.2 Å². The van der Waals surface area contributed by atoms with Gasteiger partial charge in [-0.25, -0.2) is 8.78 Å². The Labute approximate surface area is 122 Å². The second kappa shape index (κ2) is 5.63. The van der Waals surface area contributed by atoms with Crippen molar-refractivity contribution in [3.63, 3.8) is 0 Å². The molecule has 0 saturated heterocycles. The van der Waals surface area contributed by atoms with Gasteiger partial charge in [0.05, 0.1) is 5.69 Å². The lowest BCUT2D eigenvalue weighted by Crippen LogP contribution is -2.13. The van der Waals surface area contributed by atoms with Crippen molar-refractivity contribution in [2.24, 2.45) is 5.73 Å². The summed E-state index contributed by atoms with van der Waals surface area (Å²) in [6.45, 7) is 0. The van der Waals surface area contributed by atoms with E-state index in [4.69, 9.17) is 5.73 Å². The summed E-state index contributed by atoms with van der Waals surface area (Å²) in [5.74, 6) is -2.06. The third-order valence-electron chi connectivity index (χ3n) is 2.45. The topological polar surface area (TPSA) is 38.0 Å². The number of hydrogen-bond donors (Lipinski definition) is 2. The van der Waals surface area contributed by atoms with Crippen LogP contribution < -0.4 is 11.1 Å². The van der Waals surface area contributed by atoms with Gasteiger partial charge in [0.15, 0.2) is 11.6 Å². The summed E-state index contributed by atoms with van der Waals surface area (Å²) in [4.78, 5) is -0.176. The van der Waals surface area contributed by atoms with Gasteiger partial charge >= 0.3 is 0 Å². The zero-order valence-electron chi connectivity index (χ0n) is 9.58. The fourth-order valence-corrected chi connectivity index (χ4v) is 2.11. The van der Waals surface area contributed by atoms with E-state index < -0.39 is 11.6 Å². The highest BCUT2D eigenvalue weighted by molar-refractivity contribution is 9.10. The Kier molecular flexibility index (Phi) is 4.11. The summed E-state index contributed by atoms with van der Waals surface area (Å²) >= 11 is 7.94. The largest absolute Gasteiger partial charge is 0.389 e. The van der Waals surface area contributed by atoms with Crippen molar-refractivity contribution in [3.05, 3.63) is 58.1 Å². The molecule has 6 heteroatoms. The third kappa shape index (κ3) is 3.08. The standard InChI is InChI=1S/C13H9BrF2N2S/c14-7-2-1-3-8(6-7)18-10-5-4-9(13(17)19)11(15)12(10)16/h1-6,18H,(H2,17,19). The van der Waals surface area contributed by atoms with Crippen molar-refractivity contribution >= 4 is 44.5 Å². The molecular formula is C13H9BrF2N2S. The van der Waals surface area contributed by atoms with E-state index in [-0.39, 0.29) is 16.2 Å². The van der Waals surface area contributed by atoms with Crippen LogP contribution >= 0.6 is 28.1 Å². The van der Waals surface area contributed by atoms with Crippen LogP contribution in [0.2, 0.25) is 0 Å². The second-order valence-electron chi connectivity index (χ2n) is 3.79. The molecule has 2 nitrogen and oxygen atoms in total. The van der Waals surface area contributed by atoms with E-state index in [0.717, 1.165) is 4.47 Å². The zero-order valence-corrected chi connectivity index (χ0v) is 12.0. The number of benzene rings is 2. The van der Waals surface area contributed by atoms with Crippen molar-refractivity contribution in [1.29, 1.82) is 0 Å². The Morgan fingerprint density at radius 2 is 1.89 bits per heavy atom. The average Bonchev–Trinajstić information content (AvgIpc) is 2.35. The van der Waals surface area contributed by atoms with Gasteiger partial charge in [0.1, 0.15) is 4.99 Å². The van der Waals surface area contributed by atoms with Crippen molar-refractivity contribution in [2.75, 3.05) is 5.32 Å². The van der Waals surface area contributed by atoms with Gasteiger partial charge in [-0.1, -0.05) is 34.2 Å². The van der Waals surface area contributed by atoms with Gasteiger partial charge in [0.2, 0.25) is 0 Å². The predicted molar refractivity (Wildman–Crippen MR) is 79.7 cm³/mol. The van der Waals surface area contributed by atoms with Crippen LogP contribution in [0.4, 0.5) is 20.2 Å². The van der Waals surface area contributed by atoms with Crippen molar-refractivity contribution in [1.82, 2.24) is 0 Å². The second-order valence-corrected chi connectivity index (χ2v) is 5.14. The minimum Gasteiger partial charge on any atom is -0.389 e. The molecule has 0 spiro atoms. The summed E-state index contributed by atoms with van der Waals surface area (Å²) in [6.07, 6.45) is 0. The summed E-state index contributed by atoms with van der Waals surface area (Å²) in [5, 5.41) is 2.79. The Morgan fingerprint density at radius 1 is 1.16 bits per heavy atom. The molecule has 0 radical (unpaired) electrons. The molecule has 0 aliphatic heterocycles. The van der Waals surface area contributed by atoms with Gasteiger partial charge in [0.25, 0.3) is 0 Å². The molecule has 2 aromatic rings. The molecule has 0 aromatic heterocycles. The van der Waals surface area contributed by atoms with Crippen LogP contribution in [-0.2, 0) is 0 Å². The van der Waals surface area contributed by atoms with Crippen molar-refractivity contribution < 1.29 is 8.78 Å². The van der Waals surface area contributed by atoms with E-state index in [2.05, 4.69) is 33.5 Å². The maximum atomic E-state index is 13.8. The van der Waals surface area contributed by atoms with E-state index in [1.165, 1.54) is 12.1 Å². The number of nitrogens with one attached hydrogen (secondary N) is 1. The van der Waals surface area contributed by atoms with Gasteiger partial charge in [0, 0.05) is 15.7 Å². The Hall–Kier alpha value is -1.53. The van der Waals surface area contributed by atoms with E-state index in [1.807, 2.05) is 6.07 Å².